The number of nitrogens with two attached hydrogens (primary N) is 2. The van der Waals surface area contributed by atoms with Crippen LogP contribution in [0.4, 0.5) is 10.2 Å². The van der Waals surface area contributed by atoms with E-state index in [0.717, 1.165) is 18.1 Å². The van der Waals surface area contributed by atoms with Gasteiger partial charge in [0.25, 0.3) is 11.8 Å². The normalized spacial score (nSPS) is 15.4. The van der Waals surface area contributed by atoms with Gasteiger partial charge < -0.3 is 26.3 Å². The van der Waals surface area contributed by atoms with Gasteiger partial charge in [0.05, 0.1) is 25.3 Å². The fourth-order valence-electron chi connectivity index (χ4n) is 3.80. The number of benzene rings is 2. The fraction of sp³-hybridized carbons (Fsp3) is 0.261. The van der Waals surface area contributed by atoms with Crippen molar-refractivity contribution < 1.29 is 23.5 Å². The standard InChI is InChI=1S/C23H24FN5O4/c1-32-18-7-6-15(24)10-17(18)23(31)27-11-13-2-4-14(5-3-13)20-19(22(26)30)21(25)29(28-20)16-8-9-33-12-16/h2-7,10,16H,8-9,11-12,25H2,1H3,(H2,26,30)(H,27,31)/t16-/m1/s1. The summed E-state index contributed by atoms with van der Waals surface area (Å²) in [7, 11) is 1.41. The molecule has 0 bridgehead atoms. The van der Waals surface area contributed by atoms with Crippen molar-refractivity contribution in [3.63, 3.8) is 0 Å². The lowest BCUT2D eigenvalue weighted by molar-refractivity contribution is 0.0946. The van der Waals surface area contributed by atoms with E-state index in [0.29, 0.717) is 24.5 Å². The molecular formula is C23H24FN5O4. The van der Waals surface area contributed by atoms with E-state index in [-0.39, 0.29) is 35.3 Å². The molecule has 0 unspecified atom stereocenters. The van der Waals surface area contributed by atoms with Crippen LogP contribution in [0, 0.1) is 5.82 Å². The van der Waals surface area contributed by atoms with Crippen LogP contribution in [0.1, 0.15) is 38.7 Å². The predicted molar refractivity (Wildman–Crippen MR) is 119 cm³/mol. The number of carbonyl (C=O) groups excluding carboxylic acids is 2. The number of amides is 2. The zero-order valence-electron chi connectivity index (χ0n) is 18.0. The first kappa shape index (κ1) is 22.3. The Bertz CT molecular complexity index is 1190. The predicted octanol–water partition coefficient (Wildman–Crippen LogP) is 2.27. The fourth-order valence-corrected chi connectivity index (χ4v) is 3.80. The summed E-state index contributed by atoms with van der Waals surface area (Å²) in [5, 5.41) is 7.29. The minimum absolute atomic E-state index is 0.0499. The first-order chi connectivity index (χ1) is 15.9. The van der Waals surface area contributed by atoms with Crippen LogP contribution in [0.3, 0.4) is 0 Å². The molecule has 2 heterocycles. The maximum absolute atomic E-state index is 13.5. The number of nitrogen functional groups attached to an aromatic ring is 1. The second-order valence-electron chi connectivity index (χ2n) is 7.66. The summed E-state index contributed by atoms with van der Waals surface area (Å²) in [4.78, 5) is 24.6. The first-order valence-electron chi connectivity index (χ1n) is 10.4. The van der Waals surface area contributed by atoms with Gasteiger partial charge in [0.2, 0.25) is 0 Å². The molecule has 4 rings (SSSR count). The van der Waals surface area contributed by atoms with Gasteiger partial charge in [-0.2, -0.15) is 5.10 Å². The number of hydrogen-bond donors (Lipinski definition) is 3. The van der Waals surface area contributed by atoms with E-state index in [1.807, 2.05) is 0 Å². The molecule has 33 heavy (non-hydrogen) atoms. The van der Waals surface area contributed by atoms with Gasteiger partial charge in [-0.15, -0.1) is 0 Å². The summed E-state index contributed by atoms with van der Waals surface area (Å²) in [5.41, 5.74) is 13.9. The molecule has 1 aromatic heterocycles. The number of primary amides is 1. The summed E-state index contributed by atoms with van der Waals surface area (Å²) in [5.74, 6) is -1.15. The number of nitrogens with one attached hydrogen (secondary N) is 1. The monoisotopic (exact) mass is 453 g/mol. The van der Waals surface area contributed by atoms with Gasteiger partial charge in [-0.25, -0.2) is 9.07 Å². The second kappa shape index (κ2) is 9.29. The lowest BCUT2D eigenvalue weighted by Gasteiger charge is -2.10. The molecule has 1 aliphatic heterocycles. The number of nitrogens with zero attached hydrogens (tertiary/aromatic N) is 2. The van der Waals surface area contributed by atoms with E-state index in [9.17, 15) is 14.0 Å². The molecule has 1 fully saturated rings. The number of aromatic nitrogens is 2. The molecule has 9 nitrogen and oxygen atoms in total. The van der Waals surface area contributed by atoms with Gasteiger partial charge >= 0.3 is 0 Å². The SMILES string of the molecule is COc1ccc(F)cc1C(=O)NCc1ccc(-c2nn([C@@H]3CCOC3)c(N)c2C(N)=O)cc1. The molecule has 1 aliphatic rings. The average molecular weight is 453 g/mol. The zero-order chi connectivity index (χ0) is 23.5. The molecule has 2 amide bonds. The van der Waals surface area contributed by atoms with Crippen LogP contribution in [0.25, 0.3) is 11.3 Å². The summed E-state index contributed by atoms with van der Waals surface area (Å²) in [6, 6.07) is 10.8. The highest BCUT2D eigenvalue weighted by atomic mass is 19.1. The Labute approximate surface area is 189 Å². The molecule has 1 saturated heterocycles. The van der Waals surface area contributed by atoms with Crippen LogP contribution in [-0.2, 0) is 11.3 Å². The van der Waals surface area contributed by atoms with E-state index in [1.54, 1.807) is 28.9 Å². The van der Waals surface area contributed by atoms with Crippen LogP contribution in [0.2, 0.25) is 0 Å². The number of anilines is 1. The van der Waals surface area contributed by atoms with E-state index in [2.05, 4.69) is 10.4 Å². The van der Waals surface area contributed by atoms with Crippen molar-refractivity contribution in [3.8, 4) is 17.0 Å². The van der Waals surface area contributed by atoms with Crippen molar-refractivity contribution in [1.29, 1.82) is 0 Å². The Balaban J connectivity index is 1.52. The van der Waals surface area contributed by atoms with Gasteiger partial charge in [-0.3, -0.25) is 9.59 Å². The first-order valence-corrected chi connectivity index (χ1v) is 10.4. The summed E-state index contributed by atoms with van der Waals surface area (Å²) in [6.45, 7) is 1.28. The van der Waals surface area contributed by atoms with Crippen molar-refractivity contribution in [3.05, 3.63) is 65.0 Å². The number of hydrogen-bond acceptors (Lipinski definition) is 6. The molecule has 5 N–H and O–H groups in total. The number of rotatable bonds is 7. The smallest absolute Gasteiger partial charge is 0.255 e. The highest BCUT2D eigenvalue weighted by molar-refractivity contribution is 6.03. The minimum atomic E-state index is -0.659. The molecular weight excluding hydrogens is 429 g/mol. The number of methoxy groups -OCH3 is 1. The van der Waals surface area contributed by atoms with Crippen LogP contribution in [-0.4, -0.2) is 41.9 Å². The van der Waals surface area contributed by atoms with Crippen LogP contribution in [0.5, 0.6) is 5.75 Å². The van der Waals surface area contributed by atoms with Gasteiger partial charge in [-0.1, -0.05) is 24.3 Å². The van der Waals surface area contributed by atoms with Crippen LogP contribution < -0.4 is 21.5 Å². The van der Waals surface area contributed by atoms with Crippen molar-refractivity contribution in [1.82, 2.24) is 15.1 Å². The van der Waals surface area contributed by atoms with E-state index >= 15 is 0 Å². The third-order valence-electron chi connectivity index (χ3n) is 5.53. The molecule has 0 aliphatic carbocycles. The van der Waals surface area contributed by atoms with Crippen molar-refractivity contribution in [2.75, 3.05) is 26.1 Å². The van der Waals surface area contributed by atoms with Gasteiger partial charge in [0.15, 0.2) is 0 Å². The van der Waals surface area contributed by atoms with E-state index < -0.39 is 17.6 Å². The molecule has 172 valence electrons. The number of ether oxygens (including phenoxy) is 2. The third-order valence-corrected chi connectivity index (χ3v) is 5.53. The Morgan fingerprint density at radius 2 is 2.03 bits per heavy atom. The molecule has 1 atom stereocenters. The number of carbonyl (C=O) groups is 2. The second-order valence-corrected chi connectivity index (χ2v) is 7.66. The summed E-state index contributed by atoms with van der Waals surface area (Å²) in [6.07, 6.45) is 0.748. The molecule has 2 aromatic carbocycles. The maximum Gasteiger partial charge on any atom is 0.255 e. The lowest BCUT2D eigenvalue weighted by Crippen LogP contribution is -2.23. The molecule has 0 spiro atoms. The topological polar surface area (TPSA) is 134 Å². The Morgan fingerprint density at radius 3 is 2.67 bits per heavy atom. The van der Waals surface area contributed by atoms with Gasteiger partial charge in [0, 0.05) is 18.7 Å². The Kier molecular flexibility index (Phi) is 6.27. The van der Waals surface area contributed by atoms with Crippen molar-refractivity contribution >= 4 is 17.6 Å². The van der Waals surface area contributed by atoms with Crippen molar-refractivity contribution in [2.24, 2.45) is 5.73 Å². The quantitative estimate of drug-likeness (QED) is 0.502. The van der Waals surface area contributed by atoms with Crippen LogP contribution in [0.15, 0.2) is 42.5 Å². The number of halogens is 1. The molecule has 0 radical (unpaired) electrons. The average Bonchev–Trinajstić information content (AvgIpc) is 3.45. The zero-order valence-corrected chi connectivity index (χ0v) is 18.0. The van der Waals surface area contributed by atoms with Gasteiger partial charge in [-0.05, 0) is 30.2 Å². The van der Waals surface area contributed by atoms with Gasteiger partial charge in [0.1, 0.15) is 28.6 Å². The third kappa shape index (κ3) is 4.51. The highest BCUT2D eigenvalue weighted by Gasteiger charge is 2.27. The Hall–Kier alpha value is -3.92. The molecule has 0 saturated carbocycles. The molecule has 3 aromatic rings. The summed E-state index contributed by atoms with van der Waals surface area (Å²) >= 11 is 0. The molecule has 10 heteroatoms. The minimum Gasteiger partial charge on any atom is -0.496 e. The Morgan fingerprint density at radius 1 is 1.27 bits per heavy atom. The van der Waals surface area contributed by atoms with E-state index in [4.69, 9.17) is 20.9 Å². The largest absolute Gasteiger partial charge is 0.496 e. The highest BCUT2D eigenvalue weighted by Crippen LogP contribution is 2.31. The lowest BCUT2D eigenvalue weighted by atomic mass is 10.0. The van der Waals surface area contributed by atoms with Crippen molar-refractivity contribution in [2.45, 2.75) is 19.0 Å². The summed E-state index contributed by atoms with van der Waals surface area (Å²) < 4.78 is 25.7. The van der Waals surface area contributed by atoms with E-state index in [1.165, 1.54) is 19.2 Å². The van der Waals surface area contributed by atoms with Crippen LogP contribution >= 0.6 is 0 Å². The maximum atomic E-state index is 13.5.